The summed E-state index contributed by atoms with van der Waals surface area (Å²) in [7, 11) is 1.56. The van der Waals surface area contributed by atoms with Gasteiger partial charge in [-0.05, 0) is 18.1 Å². The molecule has 0 aliphatic rings. The second-order valence-electron chi connectivity index (χ2n) is 3.07. The minimum Gasteiger partial charge on any atom is -0.496 e. The Bertz CT molecular complexity index is 331. The maximum atomic E-state index is 10.5. The normalized spacial score (nSPS) is 9.86. The molecule has 0 spiro atoms. The Balaban J connectivity index is 2.98. The molecule has 14 heavy (non-hydrogen) atoms. The minimum absolute atomic E-state index is 0.00711. The third kappa shape index (κ3) is 2.49. The summed E-state index contributed by atoms with van der Waals surface area (Å²) < 4.78 is 5.13. The molecular formula is C11H14O3. The number of carboxylic acid groups (broad SMARTS) is 1. The first-order valence-electron chi connectivity index (χ1n) is 4.55. The van der Waals surface area contributed by atoms with E-state index in [0.717, 1.165) is 17.5 Å². The number of carboxylic acids is 1. The van der Waals surface area contributed by atoms with Gasteiger partial charge in [0.15, 0.2) is 0 Å². The zero-order valence-corrected chi connectivity index (χ0v) is 8.41. The fourth-order valence-corrected chi connectivity index (χ4v) is 1.32. The summed E-state index contributed by atoms with van der Waals surface area (Å²) in [5.74, 6) is -0.181. The quantitative estimate of drug-likeness (QED) is 0.796. The molecule has 0 radical (unpaired) electrons. The number of aliphatic carboxylic acids is 1. The molecule has 1 rings (SSSR count). The van der Waals surface area contributed by atoms with Crippen LogP contribution in [0.3, 0.4) is 0 Å². The van der Waals surface area contributed by atoms with E-state index in [1.165, 1.54) is 0 Å². The topological polar surface area (TPSA) is 46.5 Å². The first-order valence-corrected chi connectivity index (χ1v) is 4.55. The van der Waals surface area contributed by atoms with Crippen LogP contribution in [0.2, 0.25) is 0 Å². The first kappa shape index (κ1) is 10.6. The molecule has 0 bridgehead atoms. The summed E-state index contributed by atoms with van der Waals surface area (Å²) in [5.41, 5.74) is 1.87. The van der Waals surface area contributed by atoms with Gasteiger partial charge in [0.1, 0.15) is 5.75 Å². The molecule has 3 heteroatoms. The van der Waals surface area contributed by atoms with E-state index in [1.54, 1.807) is 7.11 Å². The molecular weight excluding hydrogens is 180 g/mol. The molecule has 0 heterocycles. The van der Waals surface area contributed by atoms with Crippen molar-refractivity contribution in [3.63, 3.8) is 0 Å². The second-order valence-corrected chi connectivity index (χ2v) is 3.07. The predicted molar refractivity (Wildman–Crippen MR) is 53.7 cm³/mol. The van der Waals surface area contributed by atoms with Crippen molar-refractivity contribution in [2.24, 2.45) is 0 Å². The number of rotatable bonds is 4. The minimum atomic E-state index is -0.840. The van der Waals surface area contributed by atoms with E-state index in [4.69, 9.17) is 9.84 Å². The Hall–Kier alpha value is -1.51. The van der Waals surface area contributed by atoms with Crippen LogP contribution in [-0.2, 0) is 17.6 Å². The Morgan fingerprint density at radius 3 is 2.71 bits per heavy atom. The molecule has 0 saturated carbocycles. The molecule has 1 N–H and O–H groups in total. The summed E-state index contributed by atoms with van der Waals surface area (Å²) in [5, 5.41) is 8.66. The standard InChI is InChI=1S/C11H14O3/c1-3-8-4-5-9(7-11(12)13)10(6-8)14-2/h4-6H,3,7H2,1-2H3,(H,12,13). The van der Waals surface area contributed by atoms with E-state index in [2.05, 4.69) is 0 Å². The molecule has 0 atom stereocenters. The molecule has 0 aromatic heterocycles. The number of benzene rings is 1. The van der Waals surface area contributed by atoms with Gasteiger partial charge in [0.2, 0.25) is 0 Å². The molecule has 1 aromatic carbocycles. The molecule has 0 amide bonds. The molecule has 0 unspecified atom stereocenters. The number of aryl methyl sites for hydroxylation is 1. The van der Waals surface area contributed by atoms with Crippen LogP contribution in [0.4, 0.5) is 0 Å². The van der Waals surface area contributed by atoms with E-state index in [9.17, 15) is 4.79 Å². The van der Waals surface area contributed by atoms with Crippen molar-refractivity contribution in [3.8, 4) is 5.75 Å². The number of hydrogen-bond donors (Lipinski definition) is 1. The number of methoxy groups -OCH3 is 1. The maximum Gasteiger partial charge on any atom is 0.307 e. The highest BCUT2D eigenvalue weighted by Gasteiger charge is 2.07. The molecule has 76 valence electrons. The van der Waals surface area contributed by atoms with Gasteiger partial charge in [-0.1, -0.05) is 19.1 Å². The van der Waals surface area contributed by atoms with Crippen molar-refractivity contribution in [3.05, 3.63) is 29.3 Å². The zero-order chi connectivity index (χ0) is 10.6. The van der Waals surface area contributed by atoms with Gasteiger partial charge in [0.25, 0.3) is 0 Å². The van der Waals surface area contributed by atoms with Crippen molar-refractivity contribution >= 4 is 5.97 Å². The van der Waals surface area contributed by atoms with Gasteiger partial charge in [-0.2, -0.15) is 0 Å². The van der Waals surface area contributed by atoms with E-state index >= 15 is 0 Å². The Morgan fingerprint density at radius 1 is 1.50 bits per heavy atom. The zero-order valence-electron chi connectivity index (χ0n) is 8.41. The van der Waals surface area contributed by atoms with Crippen molar-refractivity contribution in [2.75, 3.05) is 7.11 Å². The van der Waals surface area contributed by atoms with Crippen LogP contribution in [0.5, 0.6) is 5.75 Å². The highest BCUT2D eigenvalue weighted by atomic mass is 16.5. The Kier molecular flexibility index (Phi) is 3.51. The van der Waals surface area contributed by atoms with Crippen molar-refractivity contribution < 1.29 is 14.6 Å². The largest absolute Gasteiger partial charge is 0.496 e. The van der Waals surface area contributed by atoms with E-state index in [-0.39, 0.29) is 6.42 Å². The van der Waals surface area contributed by atoms with Crippen LogP contribution in [0.25, 0.3) is 0 Å². The predicted octanol–water partition coefficient (Wildman–Crippen LogP) is 1.88. The lowest BCUT2D eigenvalue weighted by Crippen LogP contribution is -2.02. The number of carbonyl (C=O) groups is 1. The molecule has 0 aliphatic carbocycles. The maximum absolute atomic E-state index is 10.5. The SMILES string of the molecule is CCc1ccc(CC(=O)O)c(OC)c1. The van der Waals surface area contributed by atoms with Gasteiger partial charge in [0.05, 0.1) is 13.5 Å². The van der Waals surface area contributed by atoms with E-state index in [1.807, 2.05) is 25.1 Å². The van der Waals surface area contributed by atoms with E-state index < -0.39 is 5.97 Å². The van der Waals surface area contributed by atoms with Gasteiger partial charge in [-0.3, -0.25) is 4.79 Å². The molecule has 3 nitrogen and oxygen atoms in total. The lowest BCUT2D eigenvalue weighted by atomic mass is 10.1. The second kappa shape index (κ2) is 4.65. The Morgan fingerprint density at radius 2 is 2.21 bits per heavy atom. The van der Waals surface area contributed by atoms with Crippen LogP contribution < -0.4 is 4.74 Å². The average Bonchev–Trinajstić information content (AvgIpc) is 2.17. The van der Waals surface area contributed by atoms with Crippen LogP contribution in [0.1, 0.15) is 18.1 Å². The lowest BCUT2D eigenvalue weighted by Gasteiger charge is -2.08. The van der Waals surface area contributed by atoms with Gasteiger partial charge in [-0.25, -0.2) is 0 Å². The summed E-state index contributed by atoms with van der Waals surface area (Å²) in [6.07, 6.45) is 0.927. The number of hydrogen-bond acceptors (Lipinski definition) is 2. The van der Waals surface area contributed by atoms with Crippen molar-refractivity contribution in [1.82, 2.24) is 0 Å². The van der Waals surface area contributed by atoms with Gasteiger partial charge in [-0.15, -0.1) is 0 Å². The van der Waals surface area contributed by atoms with Crippen LogP contribution >= 0.6 is 0 Å². The van der Waals surface area contributed by atoms with Crippen molar-refractivity contribution in [2.45, 2.75) is 19.8 Å². The van der Waals surface area contributed by atoms with Crippen LogP contribution in [0, 0.1) is 0 Å². The highest BCUT2D eigenvalue weighted by Crippen LogP contribution is 2.20. The molecule has 0 saturated heterocycles. The summed E-state index contributed by atoms with van der Waals surface area (Å²) in [6, 6.07) is 5.63. The van der Waals surface area contributed by atoms with Gasteiger partial charge < -0.3 is 9.84 Å². The van der Waals surface area contributed by atoms with Gasteiger partial charge >= 0.3 is 5.97 Å². The fourth-order valence-electron chi connectivity index (χ4n) is 1.32. The summed E-state index contributed by atoms with van der Waals surface area (Å²) in [4.78, 5) is 10.5. The Labute approximate surface area is 83.3 Å². The average molecular weight is 194 g/mol. The van der Waals surface area contributed by atoms with Gasteiger partial charge in [0, 0.05) is 5.56 Å². The number of ether oxygens (including phenoxy) is 1. The lowest BCUT2D eigenvalue weighted by molar-refractivity contribution is -0.136. The molecule has 0 aliphatic heterocycles. The van der Waals surface area contributed by atoms with E-state index in [0.29, 0.717) is 5.75 Å². The van der Waals surface area contributed by atoms with Crippen LogP contribution in [-0.4, -0.2) is 18.2 Å². The monoisotopic (exact) mass is 194 g/mol. The fraction of sp³-hybridized carbons (Fsp3) is 0.364. The van der Waals surface area contributed by atoms with Crippen LogP contribution in [0.15, 0.2) is 18.2 Å². The van der Waals surface area contributed by atoms with Crippen molar-refractivity contribution in [1.29, 1.82) is 0 Å². The highest BCUT2D eigenvalue weighted by molar-refractivity contribution is 5.71. The summed E-state index contributed by atoms with van der Waals surface area (Å²) in [6.45, 7) is 2.05. The smallest absolute Gasteiger partial charge is 0.307 e. The third-order valence-corrected chi connectivity index (χ3v) is 2.10. The molecule has 0 fully saturated rings. The third-order valence-electron chi connectivity index (χ3n) is 2.10. The first-order chi connectivity index (χ1) is 6.67. The molecule has 1 aromatic rings. The summed E-state index contributed by atoms with van der Waals surface area (Å²) >= 11 is 0.